The molecule has 1 aromatic carbocycles. The van der Waals surface area contributed by atoms with Crippen LogP contribution in [0.15, 0.2) is 24.3 Å². The van der Waals surface area contributed by atoms with Gasteiger partial charge in [0.05, 0.1) is 24.8 Å². The van der Waals surface area contributed by atoms with Crippen LogP contribution in [0, 0.1) is 0 Å². The third-order valence-corrected chi connectivity index (χ3v) is 4.98. The summed E-state index contributed by atoms with van der Waals surface area (Å²) in [4.78, 5) is 11.9. The second-order valence-electron chi connectivity index (χ2n) is 7.16. The molecule has 1 N–H and O–H groups in total. The van der Waals surface area contributed by atoms with E-state index in [9.17, 15) is 0 Å². The van der Waals surface area contributed by atoms with Crippen molar-refractivity contribution in [1.29, 1.82) is 0 Å². The third-order valence-electron chi connectivity index (χ3n) is 4.98. The van der Waals surface area contributed by atoms with Crippen LogP contribution in [0.1, 0.15) is 18.2 Å². The maximum atomic E-state index is 5.26. The molecule has 1 unspecified atom stereocenters. The minimum absolute atomic E-state index is 0.112. The van der Waals surface area contributed by atoms with Crippen LogP contribution in [-0.2, 0) is 24.8 Å². The van der Waals surface area contributed by atoms with E-state index in [2.05, 4.69) is 27.4 Å². The molecule has 8 nitrogen and oxygen atoms in total. The van der Waals surface area contributed by atoms with Crippen molar-refractivity contribution >= 4 is 22.8 Å². The molecule has 0 spiro atoms. The molecule has 0 aliphatic carbocycles. The Bertz CT molecular complexity index is 969. The van der Waals surface area contributed by atoms with Gasteiger partial charge in [-0.15, -0.1) is 0 Å². The number of nitrogens with zero attached hydrogens (tertiary/aromatic N) is 5. The lowest BCUT2D eigenvalue weighted by Crippen LogP contribution is -2.30. The number of hydrogen-bond donors (Lipinski definition) is 1. The van der Waals surface area contributed by atoms with Crippen molar-refractivity contribution in [3.63, 3.8) is 0 Å². The molecule has 1 aliphatic heterocycles. The Morgan fingerprint density at radius 1 is 1.18 bits per heavy atom. The molecule has 1 atom stereocenters. The van der Waals surface area contributed by atoms with Crippen LogP contribution >= 0.6 is 0 Å². The molecule has 8 heteroatoms. The fraction of sp³-hybridized carbons (Fsp3) is 0.450. The molecule has 3 heterocycles. The monoisotopic (exact) mass is 382 g/mol. The molecule has 0 bridgehead atoms. The highest BCUT2D eigenvalue weighted by Crippen LogP contribution is 2.33. The maximum Gasteiger partial charge on any atom is 0.227 e. The average Bonchev–Trinajstić information content (AvgIpc) is 3.01. The maximum absolute atomic E-state index is 5.26. The zero-order valence-electron chi connectivity index (χ0n) is 16.8. The second-order valence-corrected chi connectivity index (χ2v) is 7.16. The lowest BCUT2D eigenvalue weighted by atomic mass is 10.1. The summed E-state index contributed by atoms with van der Waals surface area (Å²) in [5, 5.41) is 9.05. The Kier molecular flexibility index (Phi) is 5.04. The zero-order chi connectivity index (χ0) is 19.7. The van der Waals surface area contributed by atoms with Crippen molar-refractivity contribution < 1.29 is 9.47 Å². The molecular weight excluding hydrogens is 356 g/mol. The van der Waals surface area contributed by atoms with Crippen molar-refractivity contribution in [2.24, 2.45) is 7.05 Å². The van der Waals surface area contributed by atoms with Crippen molar-refractivity contribution in [3.8, 4) is 5.75 Å². The molecule has 2 aromatic heterocycles. The number of hydrogen-bond acceptors (Lipinski definition) is 7. The first kappa shape index (κ1) is 18.5. The van der Waals surface area contributed by atoms with Crippen LogP contribution in [0.3, 0.4) is 0 Å². The zero-order valence-corrected chi connectivity index (χ0v) is 16.8. The van der Waals surface area contributed by atoms with Crippen LogP contribution in [0.4, 0.5) is 11.8 Å². The van der Waals surface area contributed by atoms with Crippen LogP contribution in [-0.4, -0.2) is 53.2 Å². The van der Waals surface area contributed by atoms with Crippen molar-refractivity contribution in [1.82, 2.24) is 19.7 Å². The smallest absolute Gasteiger partial charge is 0.227 e. The predicted octanol–water partition coefficient (Wildman–Crippen LogP) is 2.38. The normalized spacial score (nSPS) is 14.4. The number of nitrogens with one attached hydrogen (secondary N) is 1. The summed E-state index contributed by atoms with van der Waals surface area (Å²) in [6, 6.07) is 8.28. The number of aryl methyl sites for hydroxylation is 1. The number of anilines is 2. The number of benzene rings is 1. The van der Waals surface area contributed by atoms with Crippen LogP contribution in [0.5, 0.6) is 5.75 Å². The lowest BCUT2D eigenvalue weighted by Gasteiger charge is -2.28. The summed E-state index contributed by atoms with van der Waals surface area (Å²) >= 11 is 0. The second kappa shape index (κ2) is 7.63. The van der Waals surface area contributed by atoms with Crippen molar-refractivity contribution in [2.45, 2.75) is 25.9 Å². The molecule has 0 saturated heterocycles. The first-order valence-electron chi connectivity index (χ1n) is 9.46. The Morgan fingerprint density at radius 2 is 1.96 bits per heavy atom. The highest BCUT2D eigenvalue weighted by atomic mass is 16.5. The molecule has 4 rings (SSSR count). The number of aromatic nitrogens is 4. The average molecular weight is 382 g/mol. The van der Waals surface area contributed by atoms with Gasteiger partial charge in [-0.25, -0.2) is 4.68 Å². The highest BCUT2D eigenvalue weighted by molar-refractivity contribution is 5.92. The molecular formula is C20H26N6O2. The van der Waals surface area contributed by atoms with E-state index in [1.165, 1.54) is 5.56 Å². The van der Waals surface area contributed by atoms with Gasteiger partial charge < -0.3 is 19.7 Å². The molecule has 148 valence electrons. The molecule has 0 amide bonds. The lowest BCUT2D eigenvalue weighted by molar-refractivity contribution is 0.190. The van der Waals surface area contributed by atoms with Gasteiger partial charge in [-0.3, -0.25) is 0 Å². The van der Waals surface area contributed by atoms with Gasteiger partial charge in [0, 0.05) is 39.7 Å². The molecule has 28 heavy (non-hydrogen) atoms. The summed E-state index contributed by atoms with van der Waals surface area (Å²) in [5.41, 5.74) is 3.13. The van der Waals surface area contributed by atoms with E-state index < -0.39 is 0 Å². The van der Waals surface area contributed by atoms with E-state index in [1.807, 2.05) is 30.8 Å². The van der Waals surface area contributed by atoms with E-state index >= 15 is 0 Å². The Balaban J connectivity index is 1.69. The SMILES string of the molecule is COCC(C)Nc1nc2c3c(nn(C)c3n1)CCN2Cc1ccc(OC)cc1. The molecule has 3 aromatic rings. The van der Waals surface area contributed by atoms with Crippen LogP contribution in [0.2, 0.25) is 0 Å². The fourth-order valence-corrected chi connectivity index (χ4v) is 3.64. The largest absolute Gasteiger partial charge is 0.497 e. The van der Waals surface area contributed by atoms with Gasteiger partial charge in [-0.2, -0.15) is 15.1 Å². The molecule has 0 fully saturated rings. The number of rotatable bonds is 7. The van der Waals surface area contributed by atoms with Gasteiger partial charge in [-0.1, -0.05) is 12.1 Å². The minimum Gasteiger partial charge on any atom is -0.497 e. The number of methoxy groups -OCH3 is 2. The van der Waals surface area contributed by atoms with E-state index in [4.69, 9.17) is 19.4 Å². The first-order chi connectivity index (χ1) is 13.6. The van der Waals surface area contributed by atoms with Gasteiger partial charge in [0.1, 0.15) is 11.6 Å². The fourth-order valence-electron chi connectivity index (χ4n) is 3.64. The topological polar surface area (TPSA) is 77.3 Å². The standard InChI is InChI=1S/C20H26N6O2/c1-13(12-27-3)21-20-22-18-17-16(24-25(18)2)9-10-26(19(17)23-20)11-14-5-7-15(28-4)8-6-14/h5-8,13H,9-12H2,1-4H3,(H,21,22,23). The first-order valence-corrected chi connectivity index (χ1v) is 9.46. The van der Waals surface area contributed by atoms with Gasteiger partial charge in [0.25, 0.3) is 0 Å². The molecule has 1 aliphatic rings. The van der Waals surface area contributed by atoms with Crippen LogP contribution in [0.25, 0.3) is 11.0 Å². The summed E-state index contributed by atoms with van der Waals surface area (Å²) in [6.45, 7) is 4.28. The van der Waals surface area contributed by atoms with Crippen molar-refractivity contribution in [3.05, 3.63) is 35.5 Å². The Hall–Kier alpha value is -2.87. The van der Waals surface area contributed by atoms with E-state index in [0.29, 0.717) is 12.6 Å². The summed E-state index contributed by atoms with van der Waals surface area (Å²) in [6.07, 6.45) is 0.886. The molecule has 0 radical (unpaired) electrons. The van der Waals surface area contributed by atoms with E-state index in [1.54, 1.807) is 14.2 Å². The van der Waals surface area contributed by atoms with E-state index in [-0.39, 0.29) is 6.04 Å². The third kappa shape index (κ3) is 3.47. The van der Waals surface area contributed by atoms with Crippen molar-refractivity contribution in [2.75, 3.05) is 37.6 Å². The summed E-state index contributed by atoms with van der Waals surface area (Å²) < 4.78 is 12.3. The van der Waals surface area contributed by atoms with Gasteiger partial charge in [0.15, 0.2) is 5.65 Å². The Morgan fingerprint density at radius 3 is 2.68 bits per heavy atom. The van der Waals surface area contributed by atoms with E-state index in [0.717, 1.165) is 47.8 Å². The number of ether oxygens (including phenoxy) is 2. The molecule has 0 saturated carbocycles. The summed E-state index contributed by atoms with van der Waals surface area (Å²) in [7, 11) is 5.31. The Labute approximate surface area is 164 Å². The quantitative estimate of drug-likeness (QED) is 0.672. The summed E-state index contributed by atoms with van der Waals surface area (Å²) in [5.74, 6) is 2.39. The van der Waals surface area contributed by atoms with Gasteiger partial charge in [-0.05, 0) is 24.6 Å². The van der Waals surface area contributed by atoms with Gasteiger partial charge in [0.2, 0.25) is 5.95 Å². The van der Waals surface area contributed by atoms with Gasteiger partial charge >= 0.3 is 0 Å². The van der Waals surface area contributed by atoms with Crippen LogP contribution < -0.4 is 15.0 Å². The highest BCUT2D eigenvalue weighted by Gasteiger charge is 2.26. The minimum atomic E-state index is 0.112. The predicted molar refractivity (Wildman–Crippen MR) is 109 cm³/mol.